The van der Waals surface area contributed by atoms with E-state index in [-0.39, 0.29) is 36.4 Å². The molecule has 50 heavy (non-hydrogen) atoms. The van der Waals surface area contributed by atoms with Crippen LogP contribution in [0, 0.1) is 11.8 Å². The molecule has 4 bridgehead atoms. The largest absolute Gasteiger partial charge is 0.444 e. The van der Waals surface area contributed by atoms with Gasteiger partial charge in [-0.25, -0.2) is 19.6 Å². The molecule has 2 N–H and O–H groups in total. The van der Waals surface area contributed by atoms with E-state index in [9.17, 15) is 9.59 Å². The Morgan fingerprint density at radius 1 is 0.620 bits per heavy atom. The van der Waals surface area contributed by atoms with Crippen molar-refractivity contribution in [2.75, 3.05) is 0 Å². The number of rotatable bonds is 5. The first-order valence-corrected chi connectivity index (χ1v) is 18.0. The van der Waals surface area contributed by atoms with Crippen molar-refractivity contribution >= 4 is 12.2 Å². The van der Waals surface area contributed by atoms with E-state index in [4.69, 9.17) is 24.4 Å². The van der Waals surface area contributed by atoms with Crippen LogP contribution in [-0.2, 0) is 9.47 Å². The summed E-state index contributed by atoms with van der Waals surface area (Å²) in [5, 5.41) is 0. The molecule has 1 unspecified atom stereocenters. The Kier molecular flexibility index (Phi) is 7.80. The van der Waals surface area contributed by atoms with E-state index in [2.05, 4.69) is 34.2 Å². The molecular formula is C39H47N7O4. The number of piperidine rings is 2. The summed E-state index contributed by atoms with van der Waals surface area (Å²) in [6.07, 6.45) is 11.2. The van der Waals surface area contributed by atoms with Gasteiger partial charge in [-0.15, -0.1) is 0 Å². The van der Waals surface area contributed by atoms with Gasteiger partial charge in [0.15, 0.2) is 0 Å². The molecule has 2 amide bonds. The smallest absolute Gasteiger partial charge is 0.411 e. The number of imidazole rings is 2. The summed E-state index contributed by atoms with van der Waals surface area (Å²) < 4.78 is 11.6. The summed E-state index contributed by atoms with van der Waals surface area (Å²) in [6.45, 7) is 11.4. The highest BCUT2D eigenvalue weighted by atomic mass is 16.6. The number of aromatic nitrogens is 5. The zero-order valence-electron chi connectivity index (χ0n) is 29.8. The second-order valence-corrected chi connectivity index (χ2v) is 16.5. The van der Waals surface area contributed by atoms with Gasteiger partial charge in [0.05, 0.1) is 41.6 Å². The monoisotopic (exact) mass is 677 g/mol. The van der Waals surface area contributed by atoms with Gasteiger partial charge in [-0.05, 0) is 110 Å². The molecule has 6 atom stereocenters. The van der Waals surface area contributed by atoms with Crippen molar-refractivity contribution in [3.63, 3.8) is 0 Å². The molecule has 4 aliphatic rings. The lowest BCUT2D eigenvalue weighted by Gasteiger charge is -2.35. The van der Waals surface area contributed by atoms with Gasteiger partial charge in [0, 0.05) is 29.4 Å². The fraction of sp³-hybridized carbons (Fsp3) is 0.513. The number of benzene rings is 1. The van der Waals surface area contributed by atoms with Gasteiger partial charge in [-0.1, -0.05) is 24.3 Å². The number of hydrogen-bond acceptors (Lipinski definition) is 7. The summed E-state index contributed by atoms with van der Waals surface area (Å²) in [6, 6.07) is 12.6. The molecule has 11 nitrogen and oxygen atoms in total. The molecule has 11 heteroatoms. The summed E-state index contributed by atoms with van der Waals surface area (Å²) in [4.78, 5) is 51.5. The Hall–Kier alpha value is -4.67. The number of fused-ring (bicyclic) bond motifs is 4. The molecule has 8 rings (SSSR count). The SMILES string of the molecule is CC(C)(C)OC(=O)N1C(c2ncc(-c3ccc(-c4ccc(-c5cnc([C@@H]6[C@H]7CC[C@H](C7)N6C(=O)OC(C)(C)C)[nH]5)cn4)cc3)[nH]2)[C@H]2CC[C@@H]1C2. The van der Waals surface area contributed by atoms with Crippen LogP contribution in [0.5, 0.6) is 0 Å². The normalized spacial score (nSPS) is 25.8. The van der Waals surface area contributed by atoms with Crippen LogP contribution in [0.1, 0.15) is 104 Å². The highest BCUT2D eigenvalue weighted by Crippen LogP contribution is 2.51. The van der Waals surface area contributed by atoms with Crippen molar-refractivity contribution in [1.82, 2.24) is 34.7 Å². The molecule has 2 aliphatic carbocycles. The third kappa shape index (κ3) is 6.04. The van der Waals surface area contributed by atoms with Crippen LogP contribution in [0.3, 0.4) is 0 Å². The molecule has 1 aromatic carbocycles. The maximum Gasteiger partial charge on any atom is 0.411 e. The number of nitrogens with zero attached hydrogens (tertiary/aromatic N) is 5. The van der Waals surface area contributed by atoms with Crippen LogP contribution in [0.2, 0.25) is 0 Å². The minimum Gasteiger partial charge on any atom is -0.444 e. The maximum atomic E-state index is 13.2. The van der Waals surface area contributed by atoms with Gasteiger partial charge in [0.1, 0.15) is 22.9 Å². The van der Waals surface area contributed by atoms with E-state index >= 15 is 0 Å². The van der Waals surface area contributed by atoms with E-state index in [1.807, 2.05) is 82.1 Å². The quantitative estimate of drug-likeness (QED) is 0.217. The second kappa shape index (κ2) is 12.0. The number of pyridine rings is 1. The van der Waals surface area contributed by atoms with Gasteiger partial charge in [0.2, 0.25) is 0 Å². The van der Waals surface area contributed by atoms with Crippen LogP contribution in [0.25, 0.3) is 33.8 Å². The molecule has 4 aromatic rings. The third-order valence-corrected chi connectivity index (χ3v) is 10.7. The summed E-state index contributed by atoms with van der Waals surface area (Å²) in [7, 11) is 0. The third-order valence-electron chi connectivity index (χ3n) is 10.7. The van der Waals surface area contributed by atoms with Gasteiger partial charge >= 0.3 is 12.2 Å². The summed E-state index contributed by atoms with van der Waals surface area (Å²) >= 11 is 0. The maximum absolute atomic E-state index is 13.2. The minimum absolute atomic E-state index is 0.0949. The van der Waals surface area contributed by atoms with E-state index in [0.29, 0.717) is 11.8 Å². The summed E-state index contributed by atoms with van der Waals surface area (Å²) in [5.74, 6) is 2.39. The summed E-state index contributed by atoms with van der Waals surface area (Å²) in [5.41, 5.74) is 4.52. The number of nitrogens with one attached hydrogen (secondary N) is 2. The first-order valence-electron chi connectivity index (χ1n) is 18.0. The van der Waals surface area contributed by atoms with E-state index in [1.165, 1.54) is 0 Å². The lowest BCUT2D eigenvalue weighted by atomic mass is 9.98. The van der Waals surface area contributed by atoms with Crippen LogP contribution in [0.4, 0.5) is 9.59 Å². The van der Waals surface area contributed by atoms with E-state index in [1.54, 1.807) is 0 Å². The Balaban J connectivity index is 0.953. The number of carbonyl (C=O) groups excluding carboxylic acids is 2. The number of likely N-dealkylation sites (tertiary alicyclic amines) is 2. The second-order valence-electron chi connectivity index (χ2n) is 16.5. The van der Waals surface area contributed by atoms with Crippen molar-refractivity contribution in [3.05, 3.63) is 66.6 Å². The van der Waals surface area contributed by atoms with E-state index in [0.717, 1.165) is 83.9 Å². The molecule has 0 spiro atoms. The van der Waals surface area contributed by atoms with Crippen LogP contribution >= 0.6 is 0 Å². The minimum atomic E-state index is -0.546. The van der Waals surface area contributed by atoms with Crippen molar-refractivity contribution in [2.45, 2.75) is 115 Å². The topological polar surface area (TPSA) is 129 Å². The van der Waals surface area contributed by atoms with Crippen LogP contribution < -0.4 is 0 Å². The standard InChI is InChI=1S/C39H47N7O4/c1-38(2,3)49-36(47)45-27-14-11-24(17-27)32(45)34-41-20-30(43-34)23-9-7-22(8-10-23)29-16-13-26(19-40-29)31-21-42-35(44-31)33-25-12-15-28(18-25)46(33)37(48)50-39(4,5)6/h7-10,13,16,19-21,24-25,27-28,32-33H,11-12,14-15,17-18H2,1-6H3,(H,41,43)(H,42,44)/t24-,25-,27+,28+,32?,33-/m0/s1. The Labute approximate surface area is 293 Å². The number of carbonyl (C=O) groups is 2. The van der Waals surface area contributed by atoms with Gasteiger partial charge in [0.25, 0.3) is 0 Å². The van der Waals surface area contributed by atoms with Crippen molar-refractivity contribution in [3.8, 4) is 33.8 Å². The fourth-order valence-electron chi connectivity index (χ4n) is 8.65. The number of amides is 2. The fourth-order valence-corrected chi connectivity index (χ4v) is 8.65. The van der Waals surface area contributed by atoms with E-state index < -0.39 is 11.2 Å². The van der Waals surface area contributed by atoms with Gasteiger partial charge < -0.3 is 19.4 Å². The molecule has 5 heterocycles. The molecular weight excluding hydrogens is 630 g/mol. The Morgan fingerprint density at radius 3 is 1.54 bits per heavy atom. The van der Waals surface area contributed by atoms with Crippen molar-refractivity contribution in [2.24, 2.45) is 11.8 Å². The van der Waals surface area contributed by atoms with Crippen molar-refractivity contribution in [1.29, 1.82) is 0 Å². The Bertz CT molecular complexity index is 1750. The van der Waals surface area contributed by atoms with Crippen LogP contribution in [-0.4, -0.2) is 70.2 Å². The highest BCUT2D eigenvalue weighted by Gasteiger charge is 2.52. The number of hydrogen-bond donors (Lipinski definition) is 2. The molecule has 0 radical (unpaired) electrons. The molecule has 3 aromatic heterocycles. The average molecular weight is 678 g/mol. The lowest BCUT2D eigenvalue weighted by molar-refractivity contribution is 0.00523. The van der Waals surface area contributed by atoms with Gasteiger partial charge in [-0.3, -0.25) is 14.8 Å². The molecule has 2 aliphatic heterocycles. The zero-order chi connectivity index (χ0) is 34.9. The molecule has 262 valence electrons. The predicted molar refractivity (Wildman–Crippen MR) is 189 cm³/mol. The molecule has 4 fully saturated rings. The average Bonchev–Trinajstić information content (AvgIpc) is 3.92. The van der Waals surface area contributed by atoms with Gasteiger partial charge in [-0.2, -0.15) is 0 Å². The van der Waals surface area contributed by atoms with Crippen LogP contribution in [0.15, 0.2) is 55.0 Å². The number of aromatic amines is 2. The Morgan fingerprint density at radius 2 is 1.08 bits per heavy atom. The number of ether oxygens (including phenoxy) is 2. The highest BCUT2D eigenvalue weighted by molar-refractivity contribution is 5.72. The number of H-pyrrole nitrogens is 2. The zero-order valence-corrected chi connectivity index (χ0v) is 29.8. The van der Waals surface area contributed by atoms with Crippen molar-refractivity contribution < 1.29 is 19.1 Å². The first kappa shape index (κ1) is 32.5. The first-order chi connectivity index (χ1) is 23.8. The lowest BCUT2D eigenvalue weighted by Crippen LogP contribution is -2.43. The molecule has 2 saturated heterocycles. The predicted octanol–water partition coefficient (Wildman–Crippen LogP) is 8.45. The molecule has 2 saturated carbocycles.